The lowest BCUT2D eigenvalue weighted by Gasteiger charge is -2.44. The molecule has 0 amide bonds. The van der Waals surface area contributed by atoms with Gasteiger partial charge in [0.2, 0.25) is 0 Å². The minimum atomic E-state index is -0.381. The van der Waals surface area contributed by atoms with Crippen LogP contribution in [0.25, 0.3) is 0 Å². The van der Waals surface area contributed by atoms with Crippen LogP contribution in [0.1, 0.15) is 10.9 Å². The summed E-state index contributed by atoms with van der Waals surface area (Å²) in [5, 5.41) is 9.36. The van der Waals surface area contributed by atoms with E-state index in [9.17, 15) is 5.26 Å². The molecule has 1 atom stereocenters. The molecule has 0 bridgehead atoms. The lowest BCUT2D eigenvalue weighted by molar-refractivity contribution is -0.115. The van der Waals surface area contributed by atoms with Crippen LogP contribution in [0.3, 0.4) is 0 Å². The third kappa shape index (κ3) is 1.91. The SMILES string of the molecule is CN(C)C(c1ccc(Br)s1)C1(C#N)COC1. The van der Waals surface area contributed by atoms with Crippen molar-refractivity contribution in [1.29, 1.82) is 5.26 Å². The van der Waals surface area contributed by atoms with Crippen molar-refractivity contribution in [3.8, 4) is 6.07 Å². The highest BCUT2D eigenvalue weighted by Gasteiger charge is 2.48. The van der Waals surface area contributed by atoms with Crippen molar-refractivity contribution in [3.05, 3.63) is 20.8 Å². The molecule has 2 heterocycles. The zero-order valence-corrected chi connectivity index (χ0v) is 11.6. The molecule has 0 aliphatic carbocycles. The molecule has 1 aromatic rings. The van der Waals surface area contributed by atoms with E-state index in [0.29, 0.717) is 13.2 Å². The highest BCUT2D eigenvalue weighted by atomic mass is 79.9. The van der Waals surface area contributed by atoms with Crippen LogP contribution in [0, 0.1) is 16.7 Å². The quantitative estimate of drug-likeness (QED) is 0.861. The Morgan fingerprint density at radius 1 is 1.56 bits per heavy atom. The van der Waals surface area contributed by atoms with Crippen LogP contribution in [0.15, 0.2) is 15.9 Å². The van der Waals surface area contributed by atoms with Crippen LogP contribution < -0.4 is 0 Å². The average molecular weight is 301 g/mol. The number of rotatable bonds is 3. The molecule has 0 aromatic carbocycles. The van der Waals surface area contributed by atoms with Crippen molar-refractivity contribution in [2.24, 2.45) is 5.41 Å². The maximum Gasteiger partial charge on any atom is 0.124 e. The van der Waals surface area contributed by atoms with E-state index in [0.717, 1.165) is 3.79 Å². The fraction of sp³-hybridized carbons (Fsp3) is 0.545. The maximum atomic E-state index is 9.36. The summed E-state index contributed by atoms with van der Waals surface area (Å²) in [6, 6.07) is 6.65. The summed E-state index contributed by atoms with van der Waals surface area (Å²) >= 11 is 5.15. The first-order chi connectivity index (χ1) is 7.59. The number of ether oxygens (including phenoxy) is 1. The fourth-order valence-electron chi connectivity index (χ4n) is 2.10. The second-order valence-corrected chi connectivity index (χ2v) is 6.76. The number of hydrogen-bond acceptors (Lipinski definition) is 4. The van der Waals surface area contributed by atoms with Crippen molar-refractivity contribution in [2.75, 3.05) is 27.3 Å². The molecular weight excluding hydrogens is 288 g/mol. The molecule has 1 unspecified atom stereocenters. The molecule has 0 N–H and O–H groups in total. The van der Waals surface area contributed by atoms with Gasteiger partial charge in [0.15, 0.2) is 0 Å². The molecule has 2 rings (SSSR count). The molecular formula is C11H13BrN2OS. The summed E-state index contributed by atoms with van der Waals surface area (Å²) in [6.45, 7) is 1.06. The largest absolute Gasteiger partial charge is 0.378 e. The highest BCUT2D eigenvalue weighted by Crippen LogP contribution is 2.45. The normalized spacial score (nSPS) is 20.2. The lowest BCUT2D eigenvalue weighted by atomic mass is 9.78. The van der Waals surface area contributed by atoms with E-state index in [2.05, 4.69) is 33.0 Å². The summed E-state index contributed by atoms with van der Waals surface area (Å²) in [5.74, 6) is 0. The number of thiophene rings is 1. The van der Waals surface area contributed by atoms with Crippen LogP contribution in [-0.2, 0) is 4.74 Å². The molecule has 1 aliphatic heterocycles. The van der Waals surface area contributed by atoms with Gasteiger partial charge in [0.25, 0.3) is 0 Å². The molecule has 0 saturated carbocycles. The highest BCUT2D eigenvalue weighted by molar-refractivity contribution is 9.11. The Balaban J connectivity index is 2.35. The van der Waals surface area contributed by atoms with Crippen LogP contribution in [-0.4, -0.2) is 32.2 Å². The molecule has 0 radical (unpaired) electrons. The first-order valence-electron chi connectivity index (χ1n) is 5.00. The van der Waals surface area contributed by atoms with E-state index < -0.39 is 0 Å². The smallest absolute Gasteiger partial charge is 0.124 e. The fourth-order valence-corrected chi connectivity index (χ4v) is 3.84. The van der Waals surface area contributed by atoms with Crippen LogP contribution in [0.2, 0.25) is 0 Å². The van der Waals surface area contributed by atoms with Gasteiger partial charge in [0, 0.05) is 4.88 Å². The third-order valence-corrected chi connectivity index (χ3v) is 4.52. The van der Waals surface area contributed by atoms with Gasteiger partial charge in [-0.25, -0.2) is 0 Å². The van der Waals surface area contributed by atoms with E-state index in [1.807, 2.05) is 20.2 Å². The molecule has 5 heteroatoms. The van der Waals surface area contributed by atoms with Gasteiger partial charge in [0.1, 0.15) is 5.41 Å². The van der Waals surface area contributed by atoms with Crippen molar-refractivity contribution >= 4 is 27.3 Å². The maximum absolute atomic E-state index is 9.36. The number of hydrogen-bond donors (Lipinski definition) is 0. The topological polar surface area (TPSA) is 36.3 Å². The van der Waals surface area contributed by atoms with E-state index in [-0.39, 0.29) is 11.5 Å². The number of nitriles is 1. The van der Waals surface area contributed by atoms with Gasteiger partial charge in [0.05, 0.1) is 29.1 Å². The number of halogens is 1. The molecule has 1 saturated heterocycles. The summed E-state index contributed by atoms with van der Waals surface area (Å²) < 4.78 is 6.33. The third-order valence-electron chi connectivity index (χ3n) is 2.85. The lowest BCUT2D eigenvalue weighted by Crippen LogP contribution is -2.50. The second kappa shape index (κ2) is 4.46. The molecule has 16 heavy (non-hydrogen) atoms. The van der Waals surface area contributed by atoms with Gasteiger partial charge in [-0.15, -0.1) is 11.3 Å². The zero-order valence-electron chi connectivity index (χ0n) is 9.24. The van der Waals surface area contributed by atoms with Gasteiger partial charge in [-0.3, -0.25) is 0 Å². The van der Waals surface area contributed by atoms with Gasteiger partial charge < -0.3 is 9.64 Å². The summed E-state index contributed by atoms with van der Waals surface area (Å²) in [6.07, 6.45) is 0. The molecule has 1 fully saturated rings. The molecule has 0 spiro atoms. The van der Waals surface area contributed by atoms with Crippen LogP contribution in [0.4, 0.5) is 0 Å². The Hall–Kier alpha value is -0.410. The Morgan fingerprint density at radius 2 is 2.25 bits per heavy atom. The monoisotopic (exact) mass is 300 g/mol. The van der Waals surface area contributed by atoms with E-state index in [4.69, 9.17) is 4.74 Å². The van der Waals surface area contributed by atoms with Gasteiger partial charge >= 0.3 is 0 Å². The molecule has 86 valence electrons. The van der Waals surface area contributed by atoms with Crippen molar-refractivity contribution < 1.29 is 4.74 Å². The number of nitrogens with zero attached hydrogens (tertiary/aromatic N) is 2. The van der Waals surface area contributed by atoms with Gasteiger partial charge in [-0.1, -0.05) is 0 Å². The minimum absolute atomic E-state index is 0.113. The molecule has 1 aliphatic rings. The standard InChI is InChI=1S/C11H13BrN2OS/c1-14(2)10(8-3-4-9(12)16-8)11(5-13)6-15-7-11/h3-4,10H,6-7H2,1-2H3. The van der Waals surface area contributed by atoms with Crippen LogP contribution in [0.5, 0.6) is 0 Å². The predicted molar refractivity (Wildman–Crippen MR) is 67.3 cm³/mol. The average Bonchev–Trinajstić information content (AvgIpc) is 2.57. The van der Waals surface area contributed by atoms with Crippen molar-refractivity contribution in [2.45, 2.75) is 6.04 Å². The van der Waals surface area contributed by atoms with Gasteiger partial charge in [-0.2, -0.15) is 5.26 Å². The second-order valence-electron chi connectivity index (χ2n) is 4.27. The van der Waals surface area contributed by atoms with Crippen molar-refractivity contribution in [1.82, 2.24) is 4.90 Å². The Bertz CT molecular complexity index is 420. The Morgan fingerprint density at radius 3 is 2.56 bits per heavy atom. The van der Waals surface area contributed by atoms with E-state index in [1.165, 1.54) is 4.88 Å². The summed E-state index contributed by atoms with van der Waals surface area (Å²) in [4.78, 5) is 3.31. The zero-order chi connectivity index (χ0) is 11.8. The van der Waals surface area contributed by atoms with Gasteiger partial charge in [-0.05, 0) is 42.2 Å². The first-order valence-corrected chi connectivity index (χ1v) is 6.61. The Kier molecular flexibility index (Phi) is 3.36. The molecule has 3 nitrogen and oxygen atoms in total. The Labute approximate surface area is 108 Å². The van der Waals surface area contributed by atoms with Crippen LogP contribution >= 0.6 is 27.3 Å². The first kappa shape index (κ1) is 12.1. The summed E-state index contributed by atoms with van der Waals surface area (Å²) in [7, 11) is 4.02. The predicted octanol–water partition coefficient (Wildman–Crippen LogP) is 2.65. The molecule has 1 aromatic heterocycles. The van der Waals surface area contributed by atoms with E-state index in [1.54, 1.807) is 11.3 Å². The summed E-state index contributed by atoms with van der Waals surface area (Å²) in [5.41, 5.74) is -0.381. The van der Waals surface area contributed by atoms with E-state index >= 15 is 0 Å². The minimum Gasteiger partial charge on any atom is -0.378 e. The van der Waals surface area contributed by atoms with Crippen molar-refractivity contribution in [3.63, 3.8) is 0 Å².